The van der Waals surface area contributed by atoms with Crippen molar-refractivity contribution in [2.45, 2.75) is 20.0 Å². The Morgan fingerprint density at radius 2 is 1.76 bits per heavy atom. The number of imide groups is 1. The maximum absolute atomic E-state index is 12.5. The molecule has 0 spiro atoms. The van der Waals surface area contributed by atoms with E-state index >= 15 is 0 Å². The van der Waals surface area contributed by atoms with E-state index in [0.717, 1.165) is 11.6 Å². The van der Waals surface area contributed by atoms with Gasteiger partial charge in [0.25, 0.3) is 17.5 Å². The van der Waals surface area contributed by atoms with E-state index in [4.69, 9.17) is 4.74 Å². The molecule has 148 valence electrons. The molecule has 1 aliphatic heterocycles. The molecule has 0 bridgehead atoms. The summed E-state index contributed by atoms with van der Waals surface area (Å²) in [6.07, 6.45) is -1.13. The van der Waals surface area contributed by atoms with Crippen molar-refractivity contribution in [1.29, 1.82) is 0 Å². The van der Waals surface area contributed by atoms with Gasteiger partial charge in [-0.15, -0.1) is 0 Å². The van der Waals surface area contributed by atoms with Crippen LogP contribution in [0.3, 0.4) is 0 Å². The number of carbonyl (C=O) groups is 4. The number of hydrogen-bond acceptors (Lipinski definition) is 7. The average molecular weight is 396 g/mol. The molecule has 2 aromatic carbocycles. The zero-order valence-corrected chi connectivity index (χ0v) is 15.6. The summed E-state index contributed by atoms with van der Waals surface area (Å²) in [4.78, 5) is 60.3. The van der Waals surface area contributed by atoms with Crippen molar-refractivity contribution >= 4 is 29.3 Å². The fourth-order valence-corrected chi connectivity index (χ4v) is 2.98. The van der Waals surface area contributed by atoms with Crippen molar-refractivity contribution in [3.8, 4) is 0 Å². The molecule has 1 atom stereocenters. The Balaban J connectivity index is 1.71. The van der Waals surface area contributed by atoms with E-state index in [2.05, 4.69) is 0 Å². The highest BCUT2D eigenvalue weighted by Crippen LogP contribution is 2.30. The zero-order valence-electron chi connectivity index (χ0n) is 15.6. The number of nitro groups is 1. The summed E-state index contributed by atoms with van der Waals surface area (Å²) in [7, 11) is 0. The average Bonchev–Trinajstić information content (AvgIpc) is 2.92. The third-order valence-electron chi connectivity index (χ3n) is 4.47. The van der Waals surface area contributed by atoms with E-state index < -0.39 is 46.8 Å². The predicted octanol–water partition coefficient (Wildman–Crippen LogP) is 2.31. The minimum Gasteiger partial charge on any atom is -0.453 e. The van der Waals surface area contributed by atoms with Gasteiger partial charge in [0.05, 0.1) is 10.5 Å². The Kier molecular flexibility index (Phi) is 5.22. The van der Waals surface area contributed by atoms with Crippen LogP contribution in [0, 0.1) is 17.0 Å². The molecule has 0 aromatic heterocycles. The molecule has 0 radical (unpaired) electrons. The lowest BCUT2D eigenvalue weighted by Crippen LogP contribution is -2.37. The second-order valence-electron chi connectivity index (χ2n) is 6.52. The number of benzene rings is 2. The van der Waals surface area contributed by atoms with Gasteiger partial charge >= 0.3 is 5.97 Å². The molecule has 1 aliphatic rings. The van der Waals surface area contributed by atoms with Gasteiger partial charge in [-0.2, -0.15) is 0 Å². The Labute approximate surface area is 165 Å². The quantitative estimate of drug-likeness (QED) is 0.241. The van der Waals surface area contributed by atoms with Gasteiger partial charge in [0, 0.05) is 11.6 Å². The molecule has 0 aliphatic carbocycles. The number of carbonyl (C=O) groups excluding carboxylic acids is 4. The topological polar surface area (TPSA) is 124 Å². The van der Waals surface area contributed by atoms with E-state index in [1.807, 2.05) is 6.92 Å². The summed E-state index contributed by atoms with van der Waals surface area (Å²) >= 11 is 0. The number of Topliss-reactive ketones (excluding diaryl/α,β-unsaturated/α-hetero) is 1. The highest BCUT2D eigenvalue weighted by Gasteiger charge is 2.42. The molecule has 9 nitrogen and oxygen atoms in total. The van der Waals surface area contributed by atoms with Gasteiger partial charge in [0.15, 0.2) is 6.10 Å². The minimum absolute atomic E-state index is 0.152. The molecular weight excluding hydrogens is 380 g/mol. The highest BCUT2D eigenvalue weighted by atomic mass is 16.6. The van der Waals surface area contributed by atoms with Gasteiger partial charge in [-0.1, -0.05) is 35.9 Å². The maximum Gasteiger partial charge on any atom is 0.326 e. The third-order valence-corrected chi connectivity index (χ3v) is 4.47. The standard InChI is InChI=1S/C20H16N2O7/c1-11-6-8-13(9-7-11)18(24)12(2)29-16(23)10-21-19(25)14-4-3-5-15(22(27)28)17(14)20(21)26/h3-9,12H,10H2,1-2H3/t12-/m1/s1. The highest BCUT2D eigenvalue weighted by molar-refractivity contribution is 6.24. The molecule has 0 N–H and O–H groups in total. The number of nitro benzene ring substituents is 1. The van der Waals surface area contributed by atoms with E-state index in [0.29, 0.717) is 10.5 Å². The molecule has 2 amide bonds. The monoisotopic (exact) mass is 396 g/mol. The molecule has 29 heavy (non-hydrogen) atoms. The fourth-order valence-electron chi connectivity index (χ4n) is 2.98. The van der Waals surface area contributed by atoms with Crippen LogP contribution >= 0.6 is 0 Å². The fraction of sp³-hybridized carbons (Fsp3) is 0.200. The van der Waals surface area contributed by atoms with Crippen LogP contribution in [0.25, 0.3) is 0 Å². The first-order valence-corrected chi connectivity index (χ1v) is 8.64. The third kappa shape index (κ3) is 3.75. The number of nitrogens with zero attached hydrogens (tertiary/aromatic N) is 2. The molecule has 9 heteroatoms. The second-order valence-corrected chi connectivity index (χ2v) is 6.52. The molecular formula is C20H16N2O7. The first-order chi connectivity index (χ1) is 13.7. The van der Waals surface area contributed by atoms with Crippen LogP contribution in [0.1, 0.15) is 43.6 Å². The van der Waals surface area contributed by atoms with Crippen molar-refractivity contribution in [3.05, 3.63) is 74.8 Å². The van der Waals surface area contributed by atoms with Crippen LogP contribution in [0.4, 0.5) is 5.69 Å². The normalized spacial score (nSPS) is 13.8. The van der Waals surface area contributed by atoms with Crippen molar-refractivity contribution < 1.29 is 28.8 Å². The molecule has 0 unspecified atom stereocenters. The van der Waals surface area contributed by atoms with E-state index in [1.165, 1.54) is 19.1 Å². The number of esters is 1. The second kappa shape index (κ2) is 7.63. The number of amides is 2. The van der Waals surface area contributed by atoms with Crippen LogP contribution in [0.2, 0.25) is 0 Å². The maximum atomic E-state index is 12.5. The van der Waals surface area contributed by atoms with E-state index in [-0.39, 0.29) is 11.1 Å². The van der Waals surface area contributed by atoms with Gasteiger partial charge in [-0.3, -0.25) is 34.2 Å². The summed E-state index contributed by atoms with van der Waals surface area (Å²) in [6, 6.07) is 10.4. The van der Waals surface area contributed by atoms with E-state index in [9.17, 15) is 29.3 Å². The summed E-state index contributed by atoms with van der Waals surface area (Å²) in [6.45, 7) is 2.49. The van der Waals surface area contributed by atoms with Crippen molar-refractivity contribution in [3.63, 3.8) is 0 Å². The SMILES string of the molecule is Cc1ccc(C(=O)[C@@H](C)OC(=O)CN2C(=O)c3cccc([N+](=O)[O-])c3C2=O)cc1. The number of ether oxygens (including phenoxy) is 1. The van der Waals surface area contributed by atoms with E-state index in [1.54, 1.807) is 24.3 Å². The Morgan fingerprint density at radius 1 is 1.10 bits per heavy atom. The van der Waals surface area contributed by atoms with Gasteiger partial charge in [0.1, 0.15) is 12.1 Å². The minimum atomic E-state index is -1.13. The predicted molar refractivity (Wildman–Crippen MR) is 99.5 cm³/mol. The molecule has 2 aromatic rings. The van der Waals surface area contributed by atoms with Gasteiger partial charge in [-0.25, -0.2) is 0 Å². The Bertz CT molecular complexity index is 1040. The van der Waals surface area contributed by atoms with Crippen molar-refractivity contribution in [1.82, 2.24) is 4.90 Å². The lowest BCUT2D eigenvalue weighted by molar-refractivity contribution is -0.385. The van der Waals surface area contributed by atoms with Gasteiger partial charge in [0.2, 0.25) is 5.78 Å². The first-order valence-electron chi connectivity index (χ1n) is 8.64. The summed E-state index contributed by atoms with van der Waals surface area (Å²) in [5.41, 5.74) is 0.290. The number of ketones is 1. The molecule has 0 saturated heterocycles. The van der Waals surface area contributed by atoms with Crippen LogP contribution in [0.15, 0.2) is 42.5 Å². The number of fused-ring (bicyclic) bond motifs is 1. The van der Waals surface area contributed by atoms with Crippen LogP contribution in [0.5, 0.6) is 0 Å². The number of rotatable bonds is 6. The molecule has 0 saturated carbocycles. The van der Waals surface area contributed by atoms with Crippen LogP contribution < -0.4 is 0 Å². The smallest absolute Gasteiger partial charge is 0.326 e. The summed E-state index contributed by atoms with van der Waals surface area (Å²) in [5.74, 6) is -3.19. The summed E-state index contributed by atoms with van der Waals surface area (Å²) < 4.78 is 5.06. The van der Waals surface area contributed by atoms with Crippen molar-refractivity contribution in [2.75, 3.05) is 6.54 Å². The Morgan fingerprint density at radius 3 is 2.38 bits per heavy atom. The van der Waals surface area contributed by atoms with Crippen molar-refractivity contribution in [2.24, 2.45) is 0 Å². The molecule has 1 heterocycles. The Hall–Kier alpha value is -3.88. The first kappa shape index (κ1) is 19.9. The number of aryl methyl sites for hydroxylation is 1. The van der Waals surface area contributed by atoms with Crippen LogP contribution in [-0.2, 0) is 9.53 Å². The molecule has 0 fully saturated rings. The largest absolute Gasteiger partial charge is 0.453 e. The van der Waals surface area contributed by atoms with Gasteiger partial charge < -0.3 is 4.74 Å². The lowest BCUT2D eigenvalue weighted by atomic mass is 10.1. The molecule has 3 rings (SSSR count). The van der Waals surface area contributed by atoms with Gasteiger partial charge in [-0.05, 0) is 19.9 Å². The summed E-state index contributed by atoms with van der Waals surface area (Å²) in [5, 5.41) is 11.1. The number of hydrogen-bond donors (Lipinski definition) is 0. The zero-order chi connectivity index (χ0) is 21.3. The van der Waals surface area contributed by atoms with Crippen LogP contribution in [-0.4, -0.2) is 46.0 Å². The lowest BCUT2D eigenvalue weighted by Gasteiger charge is -2.16.